The Morgan fingerprint density at radius 1 is 1.47 bits per heavy atom. The number of ether oxygens (including phenoxy) is 1. The molecule has 1 heterocycles. The molecule has 0 aliphatic rings. The number of aromatic nitrogens is 1. The molecule has 0 unspecified atom stereocenters. The molecular formula is C11H16N2O4. The standard InChI is InChI=1S/C11H16N2O4/c1-3-9-13-7-8(17-9)11(15)12-6-5-10(14)16-4-2/h7H,3-6H2,1-2H3,(H,12,15). The van der Waals surface area contributed by atoms with Crippen LogP contribution in [-0.2, 0) is 16.0 Å². The normalized spacial score (nSPS) is 10.0. The van der Waals surface area contributed by atoms with Crippen molar-refractivity contribution in [3.05, 3.63) is 17.8 Å². The Bertz CT molecular complexity index is 387. The van der Waals surface area contributed by atoms with Gasteiger partial charge in [0.15, 0.2) is 5.89 Å². The minimum atomic E-state index is -0.374. The van der Waals surface area contributed by atoms with Crippen LogP contribution in [0.25, 0.3) is 0 Å². The number of carbonyl (C=O) groups is 2. The minimum absolute atomic E-state index is 0.147. The molecule has 0 fully saturated rings. The molecule has 0 saturated carbocycles. The highest BCUT2D eigenvalue weighted by Crippen LogP contribution is 2.03. The lowest BCUT2D eigenvalue weighted by atomic mass is 10.4. The highest BCUT2D eigenvalue weighted by atomic mass is 16.5. The third-order valence-corrected chi connectivity index (χ3v) is 2.00. The van der Waals surface area contributed by atoms with Gasteiger partial charge in [0.2, 0.25) is 5.76 Å². The topological polar surface area (TPSA) is 81.4 Å². The Balaban J connectivity index is 2.32. The van der Waals surface area contributed by atoms with E-state index in [0.717, 1.165) is 0 Å². The van der Waals surface area contributed by atoms with Crippen molar-refractivity contribution in [1.82, 2.24) is 10.3 Å². The highest BCUT2D eigenvalue weighted by Gasteiger charge is 2.11. The van der Waals surface area contributed by atoms with Gasteiger partial charge in [0.1, 0.15) is 0 Å². The molecule has 17 heavy (non-hydrogen) atoms. The number of hydrogen-bond donors (Lipinski definition) is 1. The van der Waals surface area contributed by atoms with E-state index in [1.807, 2.05) is 6.92 Å². The van der Waals surface area contributed by atoms with Gasteiger partial charge in [0.05, 0.1) is 19.2 Å². The summed E-state index contributed by atoms with van der Waals surface area (Å²) < 4.78 is 9.89. The smallest absolute Gasteiger partial charge is 0.307 e. The molecule has 1 aromatic heterocycles. The molecule has 94 valence electrons. The van der Waals surface area contributed by atoms with Crippen LogP contribution in [-0.4, -0.2) is 30.0 Å². The van der Waals surface area contributed by atoms with Gasteiger partial charge in [-0.3, -0.25) is 9.59 Å². The lowest BCUT2D eigenvalue weighted by molar-refractivity contribution is -0.142. The van der Waals surface area contributed by atoms with Gasteiger partial charge in [-0.05, 0) is 6.92 Å². The van der Waals surface area contributed by atoms with Crippen molar-refractivity contribution in [3.8, 4) is 0 Å². The summed E-state index contributed by atoms with van der Waals surface area (Å²) in [4.78, 5) is 26.4. The molecule has 0 radical (unpaired) electrons. The quantitative estimate of drug-likeness (QED) is 0.748. The predicted molar refractivity (Wildman–Crippen MR) is 59.5 cm³/mol. The summed E-state index contributed by atoms with van der Waals surface area (Å²) in [7, 11) is 0. The van der Waals surface area contributed by atoms with Crippen LogP contribution in [0.15, 0.2) is 10.6 Å². The lowest BCUT2D eigenvalue weighted by Crippen LogP contribution is -2.26. The van der Waals surface area contributed by atoms with Gasteiger partial charge in [-0.25, -0.2) is 4.98 Å². The summed E-state index contributed by atoms with van der Waals surface area (Å²) in [5.74, 6) is -0.0348. The fourth-order valence-corrected chi connectivity index (χ4v) is 1.18. The van der Waals surface area contributed by atoms with Crippen molar-refractivity contribution in [2.45, 2.75) is 26.7 Å². The van der Waals surface area contributed by atoms with E-state index in [9.17, 15) is 9.59 Å². The number of nitrogens with one attached hydrogen (secondary N) is 1. The predicted octanol–water partition coefficient (Wildman–Crippen LogP) is 0.920. The monoisotopic (exact) mass is 240 g/mol. The van der Waals surface area contributed by atoms with E-state index in [1.165, 1.54) is 6.20 Å². The van der Waals surface area contributed by atoms with Crippen LogP contribution in [0.3, 0.4) is 0 Å². The molecule has 0 atom stereocenters. The molecule has 1 aromatic rings. The largest absolute Gasteiger partial charge is 0.466 e. The Labute approximate surface area is 99.4 Å². The Morgan fingerprint density at radius 2 is 2.24 bits per heavy atom. The van der Waals surface area contributed by atoms with Gasteiger partial charge in [-0.1, -0.05) is 6.92 Å². The first-order chi connectivity index (χ1) is 8.17. The van der Waals surface area contributed by atoms with Crippen LogP contribution in [0.4, 0.5) is 0 Å². The van der Waals surface area contributed by atoms with Crippen molar-refractivity contribution in [2.75, 3.05) is 13.2 Å². The van der Waals surface area contributed by atoms with Crippen molar-refractivity contribution < 1.29 is 18.7 Å². The van der Waals surface area contributed by atoms with Crippen LogP contribution >= 0.6 is 0 Å². The molecule has 0 spiro atoms. The summed E-state index contributed by atoms with van der Waals surface area (Å²) in [6, 6.07) is 0. The van der Waals surface area contributed by atoms with Crippen molar-refractivity contribution >= 4 is 11.9 Å². The lowest BCUT2D eigenvalue weighted by Gasteiger charge is -2.02. The molecule has 1 rings (SSSR count). The van der Waals surface area contributed by atoms with E-state index >= 15 is 0 Å². The summed E-state index contributed by atoms with van der Waals surface area (Å²) in [5, 5.41) is 2.55. The molecule has 1 N–H and O–H groups in total. The number of oxazole rings is 1. The molecule has 0 aliphatic carbocycles. The molecule has 0 aromatic carbocycles. The van der Waals surface area contributed by atoms with Gasteiger partial charge >= 0.3 is 5.97 Å². The first kappa shape index (κ1) is 13.2. The maximum atomic E-state index is 11.5. The number of hydrogen-bond acceptors (Lipinski definition) is 5. The first-order valence-electron chi connectivity index (χ1n) is 5.55. The van der Waals surface area contributed by atoms with Crippen molar-refractivity contribution in [1.29, 1.82) is 0 Å². The summed E-state index contributed by atoms with van der Waals surface area (Å²) in [5.41, 5.74) is 0. The van der Waals surface area contributed by atoms with Gasteiger partial charge in [-0.2, -0.15) is 0 Å². The number of nitrogens with zero attached hydrogens (tertiary/aromatic N) is 1. The van der Waals surface area contributed by atoms with Gasteiger partial charge in [0, 0.05) is 13.0 Å². The zero-order valence-corrected chi connectivity index (χ0v) is 9.99. The molecular weight excluding hydrogens is 224 g/mol. The third-order valence-electron chi connectivity index (χ3n) is 2.00. The summed E-state index contributed by atoms with van der Waals surface area (Å²) >= 11 is 0. The zero-order chi connectivity index (χ0) is 12.7. The van der Waals surface area contributed by atoms with E-state index in [0.29, 0.717) is 18.9 Å². The number of aryl methyl sites for hydroxylation is 1. The Hall–Kier alpha value is -1.85. The number of esters is 1. The minimum Gasteiger partial charge on any atom is -0.466 e. The molecule has 1 amide bonds. The van der Waals surface area contributed by atoms with Crippen LogP contribution < -0.4 is 5.32 Å². The fraction of sp³-hybridized carbons (Fsp3) is 0.545. The van der Waals surface area contributed by atoms with E-state index in [1.54, 1.807) is 6.92 Å². The average Bonchev–Trinajstić information content (AvgIpc) is 2.77. The maximum Gasteiger partial charge on any atom is 0.307 e. The molecule has 0 saturated heterocycles. The maximum absolute atomic E-state index is 11.5. The molecule has 0 bridgehead atoms. The van der Waals surface area contributed by atoms with Gasteiger partial charge in [-0.15, -0.1) is 0 Å². The summed E-state index contributed by atoms with van der Waals surface area (Å²) in [6.45, 7) is 4.18. The Morgan fingerprint density at radius 3 is 2.82 bits per heavy atom. The van der Waals surface area contributed by atoms with Crippen LogP contribution in [0.1, 0.15) is 36.7 Å². The summed E-state index contributed by atoms with van der Waals surface area (Å²) in [6.07, 6.45) is 2.16. The van der Waals surface area contributed by atoms with Crippen molar-refractivity contribution in [3.63, 3.8) is 0 Å². The SMILES string of the molecule is CCOC(=O)CCNC(=O)c1cnc(CC)o1. The van der Waals surface area contributed by atoms with E-state index in [2.05, 4.69) is 10.3 Å². The van der Waals surface area contributed by atoms with E-state index in [-0.39, 0.29) is 30.6 Å². The Kier molecular flexibility index (Phi) is 5.19. The van der Waals surface area contributed by atoms with Crippen LogP contribution in [0.2, 0.25) is 0 Å². The number of amides is 1. The van der Waals surface area contributed by atoms with Crippen LogP contribution in [0, 0.1) is 0 Å². The average molecular weight is 240 g/mol. The zero-order valence-electron chi connectivity index (χ0n) is 9.99. The molecule has 6 nitrogen and oxygen atoms in total. The second kappa shape index (κ2) is 6.67. The van der Waals surface area contributed by atoms with Crippen molar-refractivity contribution in [2.24, 2.45) is 0 Å². The number of carbonyl (C=O) groups excluding carboxylic acids is 2. The second-order valence-corrected chi connectivity index (χ2v) is 3.28. The van der Waals surface area contributed by atoms with Gasteiger partial charge < -0.3 is 14.5 Å². The first-order valence-corrected chi connectivity index (χ1v) is 5.55. The molecule has 0 aliphatic heterocycles. The second-order valence-electron chi connectivity index (χ2n) is 3.28. The van der Waals surface area contributed by atoms with E-state index < -0.39 is 0 Å². The third kappa shape index (κ3) is 4.26. The fourth-order valence-electron chi connectivity index (χ4n) is 1.18. The number of rotatable bonds is 6. The van der Waals surface area contributed by atoms with Crippen LogP contribution in [0.5, 0.6) is 0 Å². The van der Waals surface area contributed by atoms with Gasteiger partial charge in [0.25, 0.3) is 5.91 Å². The molecule has 6 heteroatoms. The van der Waals surface area contributed by atoms with E-state index in [4.69, 9.17) is 9.15 Å². The highest BCUT2D eigenvalue weighted by molar-refractivity contribution is 5.91.